The molecule has 1 aromatic carbocycles. The normalized spacial score (nSPS) is 28.8. The molecule has 4 fully saturated rings. The highest BCUT2D eigenvalue weighted by Crippen LogP contribution is 2.65. The first-order chi connectivity index (χ1) is 16.8. The number of anilines is 1. The first-order valence-electron chi connectivity index (χ1n) is 12.1. The second kappa shape index (κ2) is 8.00. The second-order valence-corrected chi connectivity index (χ2v) is 10.8. The summed E-state index contributed by atoms with van der Waals surface area (Å²) < 4.78 is 17.0. The minimum absolute atomic E-state index is 0.0152. The molecule has 2 aromatic heterocycles. The molecule has 7 rings (SSSR count). The molecule has 0 spiro atoms. The van der Waals surface area contributed by atoms with Gasteiger partial charge in [0.1, 0.15) is 18.2 Å². The number of halogens is 1. The Morgan fingerprint density at radius 1 is 1.23 bits per heavy atom. The molecule has 2 heterocycles. The molecule has 4 bridgehead atoms. The van der Waals surface area contributed by atoms with Gasteiger partial charge in [-0.25, -0.2) is 4.39 Å². The quantitative estimate of drug-likeness (QED) is 0.397. The van der Waals surface area contributed by atoms with Crippen molar-refractivity contribution in [3.8, 4) is 0 Å². The molecule has 0 aliphatic heterocycles. The van der Waals surface area contributed by atoms with Gasteiger partial charge in [-0.15, -0.1) is 0 Å². The molecule has 182 valence electrons. The van der Waals surface area contributed by atoms with E-state index in [0.29, 0.717) is 30.6 Å². The van der Waals surface area contributed by atoms with E-state index in [1.165, 1.54) is 24.8 Å². The van der Waals surface area contributed by atoms with E-state index in [9.17, 15) is 19.3 Å². The molecule has 35 heavy (non-hydrogen) atoms. The zero-order valence-corrected chi connectivity index (χ0v) is 19.3. The highest BCUT2D eigenvalue weighted by molar-refractivity contribution is 5.90. The molecule has 1 amide bonds. The van der Waals surface area contributed by atoms with Gasteiger partial charge in [-0.05, 0) is 73.5 Å². The highest BCUT2D eigenvalue weighted by atomic mass is 19.1. The van der Waals surface area contributed by atoms with Crippen LogP contribution in [-0.4, -0.2) is 30.4 Å². The van der Waals surface area contributed by atoms with Gasteiger partial charge in [-0.1, -0.05) is 12.1 Å². The van der Waals surface area contributed by atoms with Gasteiger partial charge in [0, 0.05) is 18.7 Å². The number of carbonyl (C=O) groups is 1. The van der Waals surface area contributed by atoms with Gasteiger partial charge < -0.3 is 5.32 Å². The fourth-order valence-electron chi connectivity index (χ4n) is 7.41. The number of nitrogens with zero attached hydrogens (tertiary/aromatic N) is 5. The molecular weight excluding hydrogens is 451 g/mol. The van der Waals surface area contributed by atoms with Gasteiger partial charge in [0.2, 0.25) is 5.91 Å². The molecule has 1 N–H and O–H groups in total. The van der Waals surface area contributed by atoms with Crippen LogP contribution in [0.1, 0.15) is 50.5 Å². The topological polar surface area (TPSA) is 108 Å². The van der Waals surface area contributed by atoms with Gasteiger partial charge in [0.05, 0.1) is 17.0 Å². The van der Waals surface area contributed by atoms with Crippen molar-refractivity contribution in [1.29, 1.82) is 0 Å². The van der Waals surface area contributed by atoms with Gasteiger partial charge in [0.15, 0.2) is 5.82 Å². The Morgan fingerprint density at radius 3 is 2.74 bits per heavy atom. The number of rotatable bonds is 7. The maximum absolute atomic E-state index is 13.5. The van der Waals surface area contributed by atoms with Crippen molar-refractivity contribution in [2.75, 3.05) is 5.32 Å². The summed E-state index contributed by atoms with van der Waals surface area (Å²) in [6.07, 6.45) is 11.0. The molecule has 9 nitrogen and oxygen atoms in total. The zero-order valence-electron chi connectivity index (χ0n) is 19.3. The third-order valence-corrected chi connectivity index (χ3v) is 8.09. The third kappa shape index (κ3) is 4.11. The Kier molecular flexibility index (Phi) is 5.01. The molecule has 0 saturated heterocycles. The Balaban J connectivity index is 1.15. The lowest BCUT2D eigenvalue weighted by molar-refractivity contribution is -0.385. The predicted octanol–water partition coefficient (Wildman–Crippen LogP) is 4.50. The highest BCUT2D eigenvalue weighted by Gasteiger charge is 2.59. The fourth-order valence-corrected chi connectivity index (χ4v) is 7.41. The maximum Gasteiger partial charge on any atom is 0.307 e. The molecule has 4 aliphatic carbocycles. The van der Waals surface area contributed by atoms with Crippen LogP contribution in [0.2, 0.25) is 0 Å². The van der Waals surface area contributed by atoms with Crippen LogP contribution < -0.4 is 5.32 Å². The molecule has 3 aromatic rings. The molecule has 4 saturated carbocycles. The summed E-state index contributed by atoms with van der Waals surface area (Å²) in [6.45, 7) is 0.416. The van der Waals surface area contributed by atoms with Crippen LogP contribution in [0.4, 0.5) is 15.9 Å². The van der Waals surface area contributed by atoms with Crippen molar-refractivity contribution in [2.45, 2.75) is 57.0 Å². The Morgan fingerprint density at radius 2 is 2.03 bits per heavy atom. The number of aromatic nitrogens is 4. The smallest absolute Gasteiger partial charge is 0.307 e. The SMILES string of the molecule is O=C(CC12CC3CC(C1)CC(n1cc([N+](=O)[O-])cn1)(C3)C2)Nc1ccn(Cc2cccc(F)c2)n1. The molecule has 0 radical (unpaired) electrons. The van der Waals surface area contributed by atoms with Crippen LogP contribution in [0.5, 0.6) is 0 Å². The van der Waals surface area contributed by atoms with Crippen LogP contribution in [-0.2, 0) is 16.9 Å². The van der Waals surface area contributed by atoms with Crippen LogP contribution in [0.15, 0.2) is 48.9 Å². The van der Waals surface area contributed by atoms with Gasteiger partial charge in [-0.3, -0.25) is 24.3 Å². The standard InChI is InChI=1S/C25H27FN6O3/c26-20-3-1-2-17(7-20)14-30-5-4-22(29-30)28-23(33)12-24-8-18-6-19(9-24)11-25(10-18,16-24)31-15-21(13-27-31)32(34)35/h1-5,7,13,15,18-19H,6,8-12,14,16H2,(H,28,29,33). The van der Waals surface area contributed by atoms with E-state index in [2.05, 4.69) is 15.5 Å². The summed E-state index contributed by atoms with van der Waals surface area (Å²) in [4.78, 5) is 23.9. The average molecular weight is 479 g/mol. The lowest BCUT2D eigenvalue weighted by Crippen LogP contribution is -2.57. The Hall–Kier alpha value is -3.56. The number of nitro groups is 1. The van der Waals surface area contributed by atoms with Crippen molar-refractivity contribution in [1.82, 2.24) is 19.6 Å². The number of nitrogens with one attached hydrogen (secondary N) is 1. The van der Waals surface area contributed by atoms with Crippen LogP contribution in [0.25, 0.3) is 0 Å². The number of carbonyl (C=O) groups excluding carboxylic acids is 1. The molecule has 2 atom stereocenters. The summed E-state index contributed by atoms with van der Waals surface area (Å²) >= 11 is 0. The van der Waals surface area contributed by atoms with E-state index in [1.807, 2.05) is 10.7 Å². The van der Waals surface area contributed by atoms with Gasteiger partial charge >= 0.3 is 5.69 Å². The number of hydrogen-bond donors (Lipinski definition) is 1. The van der Waals surface area contributed by atoms with Crippen molar-refractivity contribution in [2.24, 2.45) is 17.3 Å². The lowest BCUT2D eigenvalue weighted by Gasteiger charge is -2.61. The fraction of sp³-hybridized carbons (Fsp3) is 0.480. The summed E-state index contributed by atoms with van der Waals surface area (Å²) in [5.74, 6) is 1.15. The molecule has 4 aliphatic rings. The summed E-state index contributed by atoms with van der Waals surface area (Å²) in [7, 11) is 0. The minimum Gasteiger partial charge on any atom is -0.309 e. The van der Waals surface area contributed by atoms with Crippen LogP contribution in [0, 0.1) is 33.2 Å². The van der Waals surface area contributed by atoms with E-state index >= 15 is 0 Å². The third-order valence-electron chi connectivity index (χ3n) is 8.09. The average Bonchev–Trinajstić information content (AvgIpc) is 3.43. The first-order valence-corrected chi connectivity index (χ1v) is 12.1. The van der Waals surface area contributed by atoms with Crippen molar-refractivity contribution < 1.29 is 14.1 Å². The van der Waals surface area contributed by atoms with Crippen LogP contribution in [0.3, 0.4) is 0 Å². The lowest BCUT2D eigenvalue weighted by atomic mass is 9.46. The van der Waals surface area contributed by atoms with Crippen molar-refractivity contribution >= 4 is 17.4 Å². The summed E-state index contributed by atoms with van der Waals surface area (Å²) in [6, 6.07) is 8.12. The van der Waals surface area contributed by atoms with Gasteiger partial charge in [-0.2, -0.15) is 10.2 Å². The molecule has 10 heteroatoms. The Labute approximate surface area is 201 Å². The molecular formula is C25H27FN6O3. The Bertz CT molecular complexity index is 1290. The van der Waals surface area contributed by atoms with E-state index in [4.69, 9.17) is 0 Å². The summed E-state index contributed by atoms with van der Waals surface area (Å²) in [5.41, 5.74) is 0.439. The maximum atomic E-state index is 13.5. The van der Waals surface area contributed by atoms with E-state index in [-0.39, 0.29) is 28.4 Å². The van der Waals surface area contributed by atoms with Crippen molar-refractivity contribution in [3.05, 3.63) is 70.4 Å². The second-order valence-electron chi connectivity index (χ2n) is 10.8. The summed E-state index contributed by atoms with van der Waals surface area (Å²) in [5, 5.41) is 23.0. The number of hydrogen-bond acceptors (Lipinski definition) is 5. The number of amides is 1. The predicted molar refractivity (Wildman–Crippen MR) is 125 cm³/mol. The number of benzene rings is 1. The van der Waals surface area contributed by atoms with Crippen LogP contribution >= 0.6 is 0 Å². The monoisotopic (exact) mass is 478 g/mol. The molecule has 2 unspecified atom stereocenters. The van der Waals surface area contributed by atoms with Crippen molar-refractivity contribution in [3.63, 3.8) is 0 Å². The van der Waals surface area contributed by atoms with E-state index in [1.54, 1.807) is 29.2 Å². The van der Waals surface area contributed by atoms with Gasteiger partial charge in [0.25, 0.3) is 0 Å². The minimum atomic E-state index is -0.402. The van der Waals surface area contributed by atoms with E-state index in [0.717, 1.165) is 37.7 Å². The first kappa shape index (κ1) is 21.9. The zero-order chi connectivity index (χ0) is 24.2. The largest absolute Gasteiger partial charge is 0.309 e. The van der Waals surface area contributed by atoms with E-state index < -0.39 is 4.92 Å².